The molecule has 1 aliphatic carbocycles. The van der Waals surface area contributed by atoms with Crippen LogP contribution in [0.1, 0.15) is 96.8 Å². The molecule has 20 heavy (non-hydrogen) atoms. The first kappa shape index (κ1) is 17.5. The van der Waals surface area contributed by atoms with Gasteiger partial charge in [-0.05, 0) is 19.3 Å². The second-order valence-corrected chi connectivity index (χ2v) is 6.32. The van der Waals surface area contributed by atoms with E-state index in [-0.39, 0.29) is 5.97 Å². The Hall–Kier alpha value is -0.530. The lowest BCUT2D eigenvalue weighted by atomic mass is 10.0. The molecule has 0 bridgehead atoms. The molecule has 0 aromatic carbocycles. The lowest BCUT2D eigenvalue weighted by Crippen LogP contribution is -2.03. The SMILES string of the molecule is CCOC(=O)CCCCCCCCCCCCC1CC1. The summed E-state index contributed by atoms with van der Waals surface area (Å²) in [7, 11) is 0. The van der Waals surface area contributed by atoms with Crippen molar-refractivity contribution < 1.29 is 9.53 Å². The zero-order valence-electron chi connectivity index (χ0n) is 13.5. The van der Waals surface area contributed by atoms with E-state index in [0.29, 0.717) is 13.0 Å². The minimum absolute atomic E-state index is 0.0290. The summed E-state index contributed by atoms with van der Waals surface area (Å²) in [6.45, 7) is 2.38. The second-order valence-electron chi connectivity index (χ2n) is 6.32. The number of ether oxygens (including phenoxy) is 1. The summed E-state index contributed by atoms with van der Waals surface area (Å²) in [6.07, 6.45) is 18.5. The number of hydrogen-bond acceptors (Lipinski definition) is 2. The molecule has 0 saturated heterocycles. The van der Waals surface area contributed by atoms with Crippen molar-refractivity contribution in [2.75, 3.05) is 6.61 Å². The van der Waals surface area contributed by atoms with Crippen LogP contribution >= 0.6 is 0 Å². The van der Waals surface area contributed by atoms with E-state index in [2.05, 4.69) is 0 Å². The molecule has 118 valence electrons. The molecule has 0 unspecified atom stereocenters. The fraction of sp³-hybridized carbons (Fsp3) is 0.944. The monoisotopic (exact) mass is 282 g/mol. The topological polar surface area (TPSA) is 26.3 Å². The largest absolute Gasteiger partial charge is 0.466 e. The van der Waals surface area contributed by atoms with Gasteiger partial charge < -0.3 is 4.74 Å². The van der Waals surface area contributed by atoms with Gasteiger partial charge in [0.05, 0.1) is 6.61 Å². The van der Waals surface area contributed by atoms with Gasteiger partial charge in [-0.15, -0.1) is 0 Å². The molecule has 0 amide bonds. The first-order chi connectivity index (χ1) is 9.83. The average Bonchev–Trinajstić information content (AvgIpc) is 3.24. The third kappa shape index (κ3) is 11.3. The Morgan fingerprint density at radius 3 is 1.85 bits per heavy atom. The Morgan fingerprint density at radius 1 is 0.850 bits per heavy atom. The van der Waals surface area contributed by atoms with Gasteiger partial charge in [0.15, 0.2) is 0 Å². The summed E-state index contributed by atoms with van der Waals surface area (Å²) < 4.78 is 4.91. The minimum Gasteiger partial charge on any atom is -0.466 e. The zero-order valence-corrected chi connectivity index (χ0v) is 13.5. The number of rotatable bonds is 14. The maximum absolute atomic E-state index is 11.1. The smallest absolute Gasteiger partial charge is 0.305 e. The van der Waals surface area contributed by atoms with Crippen LogP contribution in [0.25, 0.3) is 0 Å². The van der Waals surface area contributed by atoms with Crippen LogP contribution in [0.5, 0.6) is 0 Å². The van der Waals surface area contributed by atoms with E-state index in [9.17, 15) is 4.79 Å². The van der Waals surface area contributed by atoms with Crippen LogP contribution in [0, 0.1) is 5.92 Å². The number of carbonyl (C=O) groups excluding carboxylic acids is 1. The Bertz CT molecular complexity index is 234. The minimum atomic E-state index is -0.0290. The Labute approximate surface area is 125 Å². The normalized spacial score (nSPS) is 14.4. The Kier molecular flexibility index (Phi) is 10.7. The van der Waals surface area contributed by atoms with Crippen molar-refractivity contribution in [1.29, 1.82) is 0 Å². The van der Waals surface area contributed by atoms with Gasteiger partial charge in [0, 0.05) is 6.42 Å². The third-order valence-corrected chi connectivity index (χ3v) is 4.25. The maximum Gasteiger partial charge on any atom is 0.305 e. The van der Waals surface area contributed by atoms with Crippen molar-refractivity contribution in [2.24, 2.45) is 5.92 Å². The van der Waals surface area contributed by atoms with Gasteiger partial charge in [-0.25, -0.2) is 0 Å². The Balaban J connectivity index is 1.66. The predicted molar refractivity (Wildman–Crippen MR) is 84.8 cm³/mol. The van der Waals surface area contributed by atoms with Gasteiger partial charge in [-0.2, -0.15) is 0 Å². The number of carbonyl (C=O) groups is 1. The molecule has 2 heteroatoms. The van der Waals surface area contributed by atoms with E-state index in [1.54, 1.807) is 0 Å². The van der Waals surface area contributed by atoms with Crippen LogP contribution in [0.4, 0.5) is 0 Å². The lowest BCUT2D eigenvalue weighted by molar-refractivity contribution is -0.143. The number of esters is 1. The van der Waals surface area contributed by atoms with E-state index in [4.69, 9.17) is 4.74 Å². The van der Waals surface area contributed by atoms with Crippen LogP contribution < -0.4 is 0 Å². The van der Waals surface area contributed by atoms with Gasteiger partial charge in [-0.1, -0.05) is 77.0 Å². The molecular weight excluding hydrogens is 248 g/mol. The van der Waals surface area contributed by atoms with Crippen molar-refractivity contribution in [1.82, 2.24) is 0 Å². The standard InChI is InChI=1S/C18H34O2/c1-2-20-18(19)14-12-10-8-6-4-3-5-7-9-11-13-17-15-16-17/h17H,2-16H2,1H3. The summed E-state index contributed by atoms with van der Waals surface area (Å²) in [5.74, 6) is 1.09. The van der Waals surface area contributed by atoms with Crippen molar-refractivity contribution in [3.05, 3.63) is 0 Å². The molecule has 0 heterocycles. The van der Waals surface area contributed by atoms with Crippen molar-refractivity contribution >= 4 is 5.97 Å². The van der Waals surface area contributed by atoms with Crippen LogP contribution in [0.2, 0.25) is 0 Å². The average molecular weight is 282 g/mol. The summed E-state index contributed by atoms with van der Waals surface area (Å²) >= 11 is 0. The first-order valence-corrected chi connectivity index (χ1v) is 8.98. The zero-order chi connectivity index (χ0) is 14.5. The lowest BCUT2D eigenvalue weighted by Gasteiger charge is -2.03. The number of hydrogen-bond donors (Lipinski definition) is 0. The third-order valence-electron chi connectivity index (χ3n) is 4.25. The van der Waals surface area contributed by atoms with Gasteiger partial charge in [0.2, 0.25) is 0 Å². The predicted octanol–water partition coefficient (Wildman–Crippen LogP) is 5.64. The van der Waals surface area contributed by atoms with Crippen LogP contribution in [-0.4, -0.2) is 12.6 Å². The molecule has 1 fully saturated rings. The fourth-order valence-electron chi connectivity index (χ4n) is 2.76. The quantitative estimate of drug-likeness (QED) is 0.304. The molecule has 2 nitrogen and oxygen atoms in total. The van der Waals surface area contributed by atoms with Gasteiger partial charge >= 0.3 is 5.97 Å². The van der Waals surface area contributed by atoms with E-state index >= 15 is 0 Å². The molecule has 0 aliphatic heterocycles. The highest BCUT2D eigenvalue weighted by Crippen LogP contribution is 2.34. The van der Waals surface area contributed by atoms with Gasteiger partial charge in [-0.3, -0.25) is 4.79 Å². The molecule has 0 radical (unpaired) electrons. The van der Waals surface area contributed by atoms with Crippen LogP contribution in [0.15, 0.2) is 0 Å². The summed E-state index contributed by atoms with van der Waals surface area (Å²) in [4.78, 5) is 11.1. The molecule has 0 spiro atoms. The molecular formula is C18H34O2. The van der Waals surface area contributed by atoms with Gasteiger partial charge in [0.1, 0.15) is 0 Å². The summed E-state index contributed by atoms with van der Waals surface area (Å²) in [6, 6.07) is 0. The molecule has 0 atom stereocenters. The van der Waals surface area contributed by atoms with Crippen molar-refractivity contribution in [3.63, 3.8) is 0 Å². The highest BCUT2D eigenvalue weighted by atomic mass is 16.5. The fourth-order valence-corrected chi connectivity index (χ4v) is 2.76. The van der Waals surface area contributed by atoms with Gasteiger partial charge in [0.25, 0.3) is 0 Å². The van der Waals surface area contributed by atoms with E-state index in [1.807, 2.05) is 6.92 Å². The molecule has 0 aromatic rings. The highest BCUT2D eigenvalue weighted by Gasteiger charge is 2.19. The molecule has 0 N–H and O–H groups in total. The summed E-state index contributed by atoms with van der Waals surface area (Å²) in [5, 5.41) is 0. The molecule has 1 aliphatic rings. The summed E-state index contributed by atoms with van der Waals surface area (Å²) in [5.41, 5.74) is 0. The maximum atomic E-state index is 11.1. The van der Waals surface area contributed by atoms with Crippen LogP contribution in [0.3, 0.4) is 0 Å². The van der Waals surface area contributed by atoms with E-state index < -0.39 is 0 Å². The van der Waals surface area contributed by atoms with Crippen LogP contribution in [-0.2, 0) is 9.53 Å². The van der Waals surface area contributed by atoms with E-state index in [1.165, 1.54) is 77.0 Å². The van der Waals surface area contributed by atoms with E-state index in [0.717, 1.165) is 12.3 Å². The van der Waals surface area contributed by atoms with Crippen molar-refractivity contribution in [3.8, 4) is 0 Å². The van der Waals surface area contributed by atoms with Crippen molar-refractivity contribution in [2.45, 2.75) is 96.8 Å². The Morgan fingerprint density at radius 2 is 1.35 bits per heavy atom. The number of unbranched alkanes of at least 4 members (excludes halogenated alkanes) is 9. The molecule has 1 saturated carbocycles. The molecule has 0 aromatic heterocycles. The second kappa shape index (κ2) is 12.2. The highest BCUT2D eigenvalue weighted by molar-refractivity contribution is 5.69. The first-order valence-electron chi connectivity index (χ1n) is 8.98. The molecule has 1 rings (SSSR count).